The van der Waals surface area contributed by atoms with Crippen molar-refractivity contribution in [2.24, 2.45) is 0 Å². The number of aromatic nitrogens is 1. The second kappa shape index (κ2) is 5.53. The van der Waals surface area contributed by atoms with Crippen molar-refractivity contribution in [3.8, 4) is 0 Å². The number of fused-ring (bicyclic) bond motifs is 1. The summed E-state index contributed by atoms with van der Waals surface area (Å²) in [5.41, 5.74) is 3.51. The quantitative estimate of drug-likeness (QED) is 0.923. The number of nitrogens with one attached hydrogen (secondary N) is 1. The van der Waals surface area contributed by atoms with Crippen LogP contribution in [0.15, 0.2) is 42.2 Å². The van der Waals surface area contributed by atoms with Crippen LogP contribution < -0.4 is 0 Å². The maximum atomic E-state index is 11.5. The van der Waals surface area contributed by atoms with Crippen LogP contribution in [0.3, 0.4) is 0 Å². The molecule has 0 radical (unpaired) electrons. The molecule has 0 spiro atoms. The number of carbonyl (C=O) groups excluding carboxylic acids is 1. The highest BCUT2D eigenvalue weighted by molar-refractivity contribution is 5.93. The highest BCUT2D eigenvalue weighted by atomic mass is 16.1. The number of H-pyrrole nitrogens is 1. The second-order valence-corrected chi connectivity index (χ2v) is 5.46. The van der Waals surface area contributed by atoms with Gasteiger partial charge in [-0.25, -0.2) is 0 Å². The molecule has 2 heterocycles. The maximum Gasteiger partial charge on any atom is 0.157 e. The van der Waals surface area contributed by atoms with Crippen LogP contribution in [0.5, 0.6) is 0 Å². The third-order valence-corrected chi connectivity index (χ3v) is 4.03. The summed E-state index contributed by atoms with van der Waals surface area (Å²) < 4.78 is 0. The monoisotopic (exact) mass is 268 g/mol. The summed E-state index contributed by atoms with van der Waals surface area (Å²) in [6.07, 6.45) is 7.18. The molecule has 1 aliphatic heterocycles. The van der Waals surface area contributed by atoms with Gasteiger partial charge in [0, 0.05) is 42.0 Å². The van der Waals surface area contributed by atoms with Gasteiger partial charge in [-0.1, -0.05) is 18.2 Å². The Morgan fingerprint density at radius 1 is 1.35 bits per heavy atom. The van der Waals surface area contributed by atoms with Gasteiger partial charge in [0.05, 0.1) is 0 Å². The highest BCUT2D eigenvalue weighted by Gasteiger charge is 2.13. The molecule has 0 saturated heterocycles. The van der Waals surface area contributed by atoms with Crippen LogP contribution in [0.1, 0.15) is 25.3 Å². The van der Waals surface area contributed by atoms with E-state index in [0.29, 0.717) is 0 Å². The van der Waals surface area contributed by atoms with E-state index >= 15 is 0 Å². The number of rotatable bonds is 4. The van der Waals surface area contributed by atoms with Crippen molar-refractivity contribution in [1.82, 2.24) is 9.88 Å². The van der Waals surface area contributed by atoms with E-state index in [2.05, 4.69) is 46.5 Å². The van der Waals surface area contributed by atoms with Gasteiger partial charge < -0.3 is 9.88 Å². The van der Waals surface area contributed by atoms with Gasteiger partial charge in [-0.05, 0) is 37.8 Å². The summed E-state index contributed by atoms with van der Waals surface area (Å²) in [4.78, 5) is 17.0. The summed E-state index contributed by atoms with van der Waals surface area (Å²) in [7, 11) is 0. The predicted molar refractivity (Wildman–Crippen MR) is 81.6 cm³/mol. The Morgan fingerprint density at radius 2 is 2.20 bits per heavy atom. The van der Waals surface area contributed by atoms with Crippen molar-refractivity contribution in [2.75, 3.05) is 13.1 Å². The molecule has 0 bridgehead atoms. The minimum Gasteiger partial charge on any atom is -0.377 e. The molecule has 104 valence electrons. The van der Waals surface area contributed by atoms with Gasteiger partial charge in [-0.3, -0.25) is 4.79 Å². The van der Waals surface area contributed by atoms with E-state index in [4.69, 9.17) is 0 Å². The molecule has 0 atom stereocenters. The number of hydrogen-bond donors (Lipinski definition) is 1. The van der Waals surface area contributed by atoms with E-state index in [-0.39, 0.29) is 5.78 Å². The molecular weight excluding hydrogens is 248 g/mol. The van der Waals surface area contributed by atoms with Crippen molar-refractivity contribution in [3.05, 3.63) is 47.8 Å². The normalized spacial score (nSPS) is 15.4. The number of nitrogens with zero attached hydrogens (tertiary/aromatic N) is 1. The first-order valence-electron chi connectivity index (χ1n) is 7.25. The lowest BCUT2D eigenvalue weighted by molar-refractivity contribution is -0.113. The van der Waals surface area contributed by atoms with E-state index in [1.54, 1.807) is 6.92 Å². The van der Waals surface area contributed by atoms with Crippen LogP contribution in [0, 0.1) is 0 Å². The van der Waals surface area contributed by atoms with Gasteiger partial charge in [0.15, 0.2) is 5.78 Å². The fourth-order valence-electron chi connectivity index (χ4n) is 2.87. The van der Waals surface area contributed by atoms with E-state index in [9.17, 15) is 4.79 Å². The van der Waals surface area contributed by atoms with Crippen molar-refractivity contribution in [3.63, 3.8) is 0 Å². The number of ketones is 1. The zero-order chi connectivity index (χ0) is 13.9. The topological polar surface area (TPSA) is 36.1 Å². The number of hydrogen-bond acceptors (Lipinski definition) is 2. The zero-order valence-electron chi connectivity index (χ0n) is 11.9. The lowest BCUT2D eigenvalue weighted by Gasteiger charge is -2.25. The minimum atomic E-state index is 0.210. The van der Waals surface area contributed by atoms with Crippen LogP contribution in [0.2, 0.25) is 0 Å². The van der Waals surface area contributed by atoms with Gasteiger partial charge in [0.2, 0.25) is 0 Å². The largest absolute Gasteiger partial charge is 0.377 e. The molecule has 3 nitrogen and oxygen atoms in total. The Labute approximate surface area is 119 Å². The molecule has 20 heavy (non-hydrogen) atoms. The van der Waals surface area contributed by atoms with Crippen LogP contribution in [-0.2, 0) is 11.2 Å². The fraction of sp³-hybridized carbons (Fsp3) is 0.353. The Kier molecular flexibility index (Phi) is 3.59. The molecule has 0 aliphatic carbocycles. The number of para-hydroxylation sites is 1. The standard InChI is InChI=1S/C17H20N2O/c1-13(20)15-5-4-9-19(12-15)10-8-14-11-18-17-7-3-2-6-16(14)17/h2-3,6-7,11-12,18H,4-5,8-10H2,1H3. The Morgan fingerprint density at radius 3 is 3.05 bits per heavy atom. The number of allylic oxidation sites excluding steroid dienone is 1. The van der Waals surface area contributed by atoms with E-state index in [1.165, 1.54) is 16.5 Å². The smallest absolute Gasteiger partial charge is 0.157 e. The molecule has 2 aromatic rings. The van der Waals surface area contributed by atoms with Crippen molar-refractivity contribution >= 4 is 16.7 Å². The first kappa shape index (κ1) is 13.0. The molecular formula is C17H20N2O. The second-order valence-electron chi connectivity index (χ2n) is 5.46. The minimum absolute atomic E-state index is 0.210. The number of Topliss-reactive ketones (excluding diaryl/α,β-unsaturated/α-hetero) is 1. The Hall–Kier alpha value is -2.03. The third kappa shape index (κ3) is 2.62. The lowest BCUT2D eigenvalue weighted by atomic mass is 10.0. The van der Waals surface area contributed by atoms with Gasteiger partial charge in [-0.2, -0.15) is 0 Å². The lowest BCUT2D eigenvalue weighted by Crippen LogP contribution is -2.26. The summed E-state index contributed by atoms with van der Waals surface area (Å²) in [5, 5.41) is 1.31. The molecule has 0 unspecified atom stereocenters. The fourth-order valence-corrected chi connectivity index (χ4v) is 2.87. The van der Waals surface area contributed by atoms with E-state index in [0.717, 1.165) is 37.9 Å². The summed E-state index contributed by atoms with van der Waals surface area (Å²) in [6.45, 7) is 3.69. The zero-order valence-corrected chi connectivity index (χ0v) is 11.9. The molecule has 1 N–H and O–H groups in total. The van der Waals surface area contributed by atoms with E-state index in [1.807, 2.05) is 0 Å². The molecule has 0 amide bonds. The Bertz CT molecular complexity index is 654. The van der Waals surface area contributed by atoms with Crippen molar-refractivity contribution in [1.29, 1.82) is 0 Å². The third-order valence-electron chi connectivity index (χ3n) is 4.03. The van der Waals surface area contributed by atoms with Crippen molar-refractivity contribution < 1.29 is 4.79 Å². The summed E-state index contributed by atoms with van der Waals surface area (Å²) in [5.74, 6) is 0.210. The summed E-state index contributed by atoms with van der Waals surface area (Å²) >= 11 is 0. The SMILES string of the molecule is CC(=O)C1=CN(CCc2c[nH]c3ccccc23)CCC1. The Balaban J connectivity index is 1.70. The van der Waals surface area contributed by atoms with Crippen LogP contribution in [-0.4, -0.2) is 28.8 Å². The first-order valence-corrected chi connectivity index (χ1v) is 7.25. The van der Waals surface area contributed by atoms with E-state index < -0.39 is 0 Å². The van der Waals surface area contributed by atoms with Gasteiger partial charge in [0.1, 0.15) is 0 Å². The average molecular weight is 268 g/mol. The number of benzene rings is 1. The predicted octanol–water partition coefficient (Wildman–Crippen LogP) is 3.28. The van der Waals surface area contributed by atoms with Crippen LogP contribution in [0.4, 0.5) is 0 Å². The number of aromatic amines is 1. The van der Waals surface area contributed by atoms with Crippen molar-refractivity contribution in [2.45, 2.75) is 26.2 Å². The molecule has 0 saturated carbocycles. The average Bonchev–Trinajstić information content (AvgIpc) is 2.89. The molecule has 1 aromatic carbocycles. The molecule has 3 heteroatoms. The van der Waals surface area contributed by atoms with Gasteiger partial charge in [0.25, 0.3) is 0 Å². The molecule has 0 fully saturated rings. The molecule has 1 aliphatic rings. The van der Waals surface area contributed by atoms with Crippen LogP contribution in [0.25, 0.3) is 10.9 Å². The summed E-state index contributed by atoms with van der Waals surface area (Å²) in [6, 6.07) is 8.39. The molecule has 3 rings (SSSR count). The maximum absolute atomic E-state index is 11.5. The number of carbonyl (C=O) groups is 1. The highest BCUT2D eigenvalue weighted by Crippen LogP contribution is 2.20. The molecule has 1 aromatic heterocycles. The van der Waals surface area contributed by atoms with Gasteiger partial charge >= 0.3 is 0 Å². The first-order chi connectivity index (χ1) is 9.74. The van der Waals surface area contributed by atoms with Gasteiger partial charge in [-0.15, -0.1) is 0 Å². The van der Waals surface area contributed by atoms with Crippen LogP contribution >= 0.6 is 0 Å².